The molecule has 0 heterocycles. The molecule has 1 aromatic rings. The molecule has 0 saturated carbocycles. The number of hydrogen-bond acceptors (Lipinski definition) is 3. The topological polar surface area (TPSA) is 49.3 Å². The van der Waals surface area contributed by atoms with Gasteiger partial charge in [-0.25, -0.2) is 0 Å². The number of nitrogens with one attached hydrogen (secondary N) is 1. The zero-order valence-electron chi connectivity index (χ0n) is 9.49. The summed E-state index contributed by atoms with van der Waals surface area (Å²) >= 11 is 7.59. The van der Waals surface area contributed by atoms with Gasteiger partial charge in [0.05, 0.1) is 10.7 Å². The third kappa shape index (κ3) is 5.96. The minimum Gasteiger partial charge on any atom is -0.396 e. The molecule has 0 aliphatic carbocycles. The fourth-order valence-corrected chi connectivity index (χ4v) is 2.26. The van der Waals surface area contributed by atoms with E-state index in [0.717, 1.165) is 17.9 Å². The van der Waals surface area contributed by atoms with Gasteiger partial charge in [-0.2, -0.15) is 11.8 Å². The van der Waals surface area contributed by atoms with E-state index in [0.29, 0.717) is 17.1 Å². The predicted molar refractivity (Wildman–Crippen MR) is 73.7 cm³/mol. The molecule has 0 radical (unpaired) electrons. The minimum absolute atomic E-state index is 0.0328. The second-order valence-electron chi connectivity index (χ2n) is 3.47. The van der Waals surface area contributed by atoms with Crippen molar-refractivity contribution < 1.29 is 9.90 Å². The van der Waals surface area contributed by atoms with Crippen LogP contribution in [0.25, 0.3) is 0 Å². The highest BCUT2D eigenvalue weighted by Gasteiger charge is 2.04. The molecular weight excluding hydrogens is 258 g/mol. The van der Waals surface area contributed by atoms with Crippen molar-refractivity contribution in [2.24, 2.45) is 0 Å². The zero-order valence-corrected chi connectivity index (χ0v) is 11.1. The number of aliphatic hydroxyl groups excluding tert-OH is 1. The minimum atomic E-state index is -0.0328. The SMILES string of the molecule is O=C(CCSCCCO)Nc1ccccc1Cl. The van der Waals surface area contributed by atoms with E-state index >= 15 is 0 Å². The number of halogens is 1. The second kappa shape index (κ2) is 8.39. The maximum absolute atomic E-state index is 11.6. The summed E-state index contributed by atoms with van der Waals surface area (Å²) in [5, 5.41) is 11.9. The smallest absolute Gasteiger partial charge is 0.225 e. The van der Waals surface area contributed by atoms with Crippen LogP contribution in [0.3, 0.4) is 0 Å². The van der Waals surface area contributed by atoms with Crippen LogP contribution in [-0.4, -0.2) is 29.1 Å². The number of amides is 1. The Hall–Kier alpha value is -0.710. The van der Waals surface area contributed by atoms with Crippen molar-refractivity contribution >= 4 is 35.0 Å². The van der Waals surface area contributed by atoms with Crippen molar-refractivity contribution in [1.29, 1.82) is 0 Å². The molecule has 0 atom stereocenters. The lowest BCUT2D eigenvalue weighted by Gasteiger charge is -2.06. The van der Waals surface area contributed by atoms with Gasteiger partial charge in [-0.1, -0.05) is 23.7 Å². The van der Waals surface area contributed by atoms with Crippen molar-refractivity contribution in [2.75, 3.05) is 23.4 Å². The van der Waals surface area contributed by atoms with E-state index in [1.807, 2.05) is 12.1 Å². The lowest BCUT2D eigenvalue weighted by Crippen LogP contribution is -2.12. The largest absolute Gasteiger partial charge is 0.396 e. The number of rotatable bonds is 7. The Morgan fingerprint density at radius 2 is 2.12 bits per heavy atom. The zero-order chi connectivity index (χ0) is 12.5. The van der Waals surface area contributed by atoms with E-state index < -0.39 is 0 Å². The van der Waals surface area contributed by atoms with Crippen molar-refractivity contribution in [1.82, 2.24) is 0 Å². The standard InChI is InChI=1S/C12H16ClNO2S/c13-10-4-1-2-5-11(10)14-12(16)6-9-17-8-3-7-15/h1-2,4-5,15H,3,6-9H2,(H,14,16). The van der Waals surface area contributed by atoms with Gasteiger partial charge < -0.3 is 10.4 Å². The Morgan fingerprint density at radius 1 is 1.35 bits per heavy atom. The Kier molecular flexibility index (Phi) is 7.08. The number of benzene rings is 1. The quantitative estimate of drug-likeness (QED) is 0.751. The molecule has 0 fully saturated rings. The second-order valence-corrected chi connectivity index (χ2v) is 5.10. The number of carbonyl (C=O) groups excluding carboxylic acids is 1. The molecule has 0 unspecified atom stereocenters. The summed E-state index contributed by atoms with van der Waals surface area (Å²) in [5.74, 6) is 1.61. The molecule has 2 N–H and O–H groups in total. The third-order valence-corrected chi connectivity index (χ3v) is 3.47. The summed E-state index contributed by atoms with van der Waals surface area (Å²) in [6.45, 7) is 0.207. The van der Waals surface area contributed by atoms with E-state index in [1.54, 1.807) is 23.9 Å². The molecule has 5 heteroatoms. The van der Waals surface area contributed by atoms with Gasteiger partial charge in [-0.05, 0) is 24.3 Å². The van der Waals surface area contributed by atoms with Crippen LogP contribution in [0.1, 0.15) is 12.8 Å². The van der Waals surface area contributed by atoms with Crippen molar-refractivity contribution in [3.63, 3.8) is 0 Å². The number of carbonyl (C=O) groups is 1. The van der Waals surface area contributed by atoms with Crippen LogP contribution in [0.5, 0.6) is 0 Å². The molecule has 0 spiro atoms. The Bertz CT molecular complexity index is 360. The Balaban J connectivity index is 2.23. The molecule has 1 aromatic carbocycles. The van der Waals surface area contributed by atoms with Crippen LogP contribution < -0.4 is 5.32 Å². The van der Waals surface area contributed by atoms with Gasteiger partial charge >= 0.3 is 0 Å². The Morgan fingerprint density at radius 3 is 2.82 bits per heavy atom. The molecule has 0 bridgehead atoms. The van der Waals surface area contributed by atoms with Gasteiger partial charge in [0.1, 0.15) is 0 Å². The summed E-state index contributed by atoms with van der Waals surface area (Å²) in [6, 6.07) is 7.17. The van der Waals surface area contributed by atoms with Crippen molar-refractivity contribution in [2.45, 2.75) is 12.8 Å². The fourth-order valence-electron chi connectivity index (χ4n) is 1.21. The van der Waals surface area contributed by atoms with Crippen LogP contribution in [-0.2, 0) is 4.79 Å². The van der Waals surface area contributed by atoms with E-state index in [2.05, 4.69) is 5.32 Å². The first-order valence-electron chi connectivity index (χ1n) is 5.47. The highest BCUT2D eigenvalue weighted by Crippen LogP contribution is 2.20. The summed E-state index contributed by atoms with van der Waals surface area (Å²) in [5.41, 5.74) is 0.652. The molecule has 0 aromatic heterocycles. The molecule has 1 amide bonds. The normalized spacial score (nSPS) is 10.2. The van der Waals surface area contributed by atoms with Gasteiger partial charge in [-0.3, -0.25) is 4.79 Å². The monoisotopic (exact) mass is 273 g/mol. The number of aliphatic hydroxyl groups is 1. The van der Waals surface area contributed by atoms with E-state index in [9.17, 15) is 4.79 Å². The molecule has 94 valence electrons. The fraction of sp³-hybridized carbons (Fsp3) is 0.417. The number of thioether (sulfide) groups is 1. The first kappa shape index (κ1) is 14.4. The summed E-state index contributed by atoms with van der Waals surface area (Å²) < 4.78 is 0. The van der Waals surface area contributed by atoms with Gasteiger partial charge in [-0.15, -0.1) is 0 Å². The van der Waals surface area contributed by atoms with Crippen LogP contribution >= 0.6 is 23.4 Å². The van der Waals surface area contributed by atoms with E-state index in [-0.39, 0.29) is 12.5 Å². The van der Waals surface area contributed by atoms with Gasteiger partial charge in [0.15, 0.2) is 0 Å². The summed E-state index contributed by atoms with van der Waals surface area (Å²) in [4.78, 5) is 11.6. The van der Waals surface area contributed by atoms with E-state index in [1.165, 1.54) is 0 Å². The van der Waals surface area contributed by atoms with Crippen LogP contribution in [0.4, 0.5) is 5.69 Å². The Labute approximate surface area is 111 Å². The maximum Gasteiger partial charge on any atom is 0.225 e. The van der Waals surface area contributed by atoms with Gasteiger partial charge in [0.25, 0.3) is 0 Å². The first-order valence-corrected chi connectivity index (χ1v) is 7.00. The first-order chi connectivity index (χ1) is 8.24. The molecule has 3 nitrogen and oxygen atoms in total. The summed E-state index contributed by atoms with van der Waals surface area (Å²) in [6.07, 6.45) is 1.23. The molecule has 1 rings (SSSR count). The van der Waals surface area contributed by atoms with Crippen LogP contribution in [0, 0.1) is 0 Å². The highest BCUT2D eigenvalue weighted by molar-refractivity contribution is 7.99. The van der Waals surface area contributed by atoms with Crippen LogP contribution in [0.2, 0.25) is 5.02 Å². The van der Waals surface area contributed by atoms with Gasteiger partial charge in [0, 0.05) is 18.8 Å². The van der Waals surface area contributed by atoms with Gasteiger partial charge in [0.2, 0.25) is 5.91 Å². The average Bonchev–Trinajstić information content (AvgIpc) is 2.32. The maximum atomic E-state index is 11.6. The van der Waals surface area contributed by atoms with Crippen molar-refractivity contribution in [3.8, 4) is 0 Å². The number of anilines is 1. The molecular formula is C12H16ClNO2S. The summed E-state index contributed by atoms with van der Waals surface area (Å²) in [7, 11) is 0. The lowest BCUT2D eigenvalue weighted by molar-refractivity contribution is -0.115. The predicted octanol–water partition coefficient (Wildman–Crippen LogP) is 2.78. The van der Waals surface area contributed by atoms with Crippen molar-refractivity contribution in [3.05, 3.63) is 29.3 Å². The number of hydrogen-bond donors (Lipinski definition) is 2. The lowest BCUT2D eigenvalue weighted by atomic mass is 10.3. The highest BCUT2D eigenvalue weighted by atomic mass is 35.5. The average molecular weight is 274 g/mol. The molecule has 0 aliphatic rings. The number of para-hydroxylation sites is 1. The molecule has 17 heavy (non-hydrogen) atoms. The van der Waals surface area contributed by atoms with E-state index in [4.69, 9.17) is 16.7 Å². The third-order valence-electron chi connectivity index (χ3n) is 2.07. The molecule has 0 aliphatic heterocycles. The van der Waals surface area contributed by atoms with Crippen LogP contribution in [0.15, 0.2) is 24.3 Å². The molecule has 0 saturated heterocycles.